The average molecular weight is 220 g/mol. The van der Waals surface area contributed by atoms with Crippen LogP contribution < -0.4 is 5.73 Å². The van der Waals surface area contributed by atoms with Gasteiger partial charge in [-0.15, -0.1) is 0 Å². The molecule has 2 N–H and O–H groups in total. The van der Waals surface area contributed by atoms with Crippen LogP contribution >= 0.6 is 0 Å². The Morgan fingerprint density at radius 2 is 1.62 bits per heavy atom. The Morgan fingerprint density at radius 1 is 1.06 bits per heavy atom. The highest BCUT2D eigenvalue weighted by molar-refractivity contribution is 5.27. The van der Waals surface area contributed by atoms with Gasteiger partial charge in [-0.2, -0.15) is 0 Å². The van der Waals surface area contributed by atoms with Gasteiger partial charge in [0.25, 0.3) is 0 Å². The van der Waals surface area contributed by atoms with Crippen LogP contribution in [-0.2, 0) is 19.4 Å². The lowest BCUT2D eigenvalue weighted by Gasteiger charge is -2.14. The molecule has 0 radical (unpaired) electrons. The van der Waals surface area contributed by atoms with Gasteiger partial charge in [0.1, 0.15) is 0 Å². The SMILES string of the molecule is CC(C)Cc1cnc(CN)cc1CC(C)C. The van der Waals surface area contributed by atoms with Crippen molar-refractivity contribution in [1.82, 2.24) is 4.98 Å². The van der Waals surface area contributed by atoms with Crippen LogP contribution in [0.4, 0.5) is 0 Å². The molecule has 90 valence electrons. The fourth-order valence-electron chi connectivity index (χ4n) is 1.94. The van der Waals surface area contributed by atoms with Crippen molar-refractivity contribution in [3.8, 4) is 0 Å². The van der Waals surface area contributed by atoms with Gasteiger partial charge in [0, 0.05) is 12.7 Å². The molecule has 0 aromatic carbocycles. The zero-order valence-corrected chi connectivity index (χ0v) is 11.0. The third-order valence-corrected chi connectivity index (χ3v) is 2.60. The molecule has 1 aromatic rings. The molecular formula is C14H24N2. The van der Waals surface area contributed by atoms with Crippen LogP contribution in [0.5, 0.6) is 0 Å². The van der Waals surface area contributed by atoms with Crippen molar-refractivity contribution in [3.05, 3.63) is 29.1 Å². The first kappa shape index (κ1) is 13.2. The first-order valence-electron chi connectivity index (χ1n) is 6.19. The van der Waals surface area contributed by atoms with Gasteiger partial charge in [-0.1, -0.05) is 27.7 Å². The summed E-state index contributed by atoms with van der Waals surface area (Å²) < 4.78 is 0. The smallest absolute Gasteiger partial charge is 0.0542 e. The lowest BCUT2D eigenvalue weighted by molar-refractivity contribution is 0.612. The number of nitrogens with two attached hydrogens (primary N) is 1. The Balaban J connectivity index is 2.96. The largest absolute Gasteiger partial charge is 0.325 e. The van der Waals surface area contributed by atoms with Gasteiger partial charge >= 0.3 is 0 Å². The van der Waals surface area contributed by atoms with Gasteiger partial charge in [-0.05, 0) is 41.9 Å². The molecule has 0 atom stereocenters. The monoisotopic (exact) mass is 220 g/mol. The number of hydrogen-bond acceptors (Lipinski definition) is 2. The van der Waals surface area contributed by atoms with E-state index >= 15 is 0 Å². The minimum atomic E-state index is 0.535. The maximum absolute atomic E-state index is 5.64. The van der Waals surface area contributed by atoms with Crippen molar-refractivity contribution in [3.63, 3.8) is 0 Å². The molecule has 0 saturated carbocycles. The summed E-state index contributed by atoms with van der Waals surface area (Å²) in [5.74, 6) is 1.36. The highest BCUT2D eigenvalue weighted by atomic mass is 14.7. The first-order chi connectivity index (χ1) is 7.52. The normalized spacial score (nSPS) is 11.4. The van der Waals surface area contributed by atoms with Gasteiger partial charge in [0.15, 0.2) is 0 Å². The fraction of sp³-hybridized carbons (Fsp3) is 0.643. The fourth-order valence-corrected chi connectivity index (χ4v) is 1.94. The van der Waals surface area contributed by atoms with Crippen LogP contribution in [-0.4, -0.2) is 4.98 Å². The second-order valence-corrected chi connectivity index (χ2v) is 5.34. The van der Waals surface area contributed by atoms with E-state index in [2.05, 4.69) is 38.7 Å². The maximum Gasteiger partial charge on any atom is 0.0542 e. The van der Waals surface area contributed by atoms with Crippen LogP contribution in [0.25, 0.3) is 0 Å². The number of aromatic nitrogens is 1. The van der Waals surface area contributed by atoms with Gasteiger partial charge in [0.05, 0.1) is 5.69 Å². The first-order valence-corrected chi connectivity index (χ1v) is 6.19. The molecule has 0 amide bonds. The summed E-state index contributed by atoms with van der Waals surface area (Å²) in [5.41, 5.74) is 9.46. The Kier molecular flexibility index (Phi) is 4.94. The number of nitrogens with zero attached hydrogens (tertiary/aromatic N) is 1. The van der Waals surface area contributed by atoms with Crippen molar-refractivity contribution < 1.29 is 0 Å². The molecule has 2 nitrogen and oxygen atoms in total. The quantitative estimate of drug-likeness (QED) is 0.828. The summed E-state index contributed by atoms with van der Waals surface area (Å²) in [5, 5.41) is 0. The van der Waals surface area contributed by atoms with Crippen LogP contribution in [0.15, 0.2) is 12.3 Å². The standard InChI is InChI=1S/C14H24N2/c1-10(2)5-12-7-14(8-15)16-9-13(12)6-11(3)4/h7,9-11H,5-6,8,15H2,1-4H3. The van der Waals surface area contributed by atoms with E-state index in [1.807, 2.05) is 6.20 Å². The second kappa shape index (κ2) is 6.00. The van der Waals surface area contributed by atoms with E-state index in [4.69, 9.17) is 5.73 Å². The maximum atomic E-state index is 5.64. The minimum absolute atomic E-state index is 0.535. The Bertz CT molecular complexity index is 330. The Morgan fingerprint density at radius 3 is 2.12 bits per heavy atom. The number of rotatable bonds is 5. The summed E-state index contributed by atoms with van der Waals surface area (Å²) in [6, 6.07) is 2.18. The topological polar surface area (TPSA) is 38.9 Å². The molecule has 1 aromatic heterocycles. The Hall–Kier alpha value is -0.890. The third-order valence-electron chi connectivity index (χ3n) is 2.60. The van der Waals surface area contributed by atoms with E-state index in [0.717, 1.165) is 18.5 Å². The molecule has 16 heavy (non-hydrogen) atoms. The van der Waals surface area contributed by atoms with E-state index < -0.39 is 0 Å². The molecule has 0 spiro atoms. The molecular weight excluding hydrogens is 196 g/mol. The van der Waals surface area contributed by atoms with E-state index in [1.54, 1.807) is 0 Å². The van der Waals surface area contributed by atoms with Gasteiger partial charge in [0.2, 0.25) is 0 Å². The molecule has 0 aliphatic carbocycles. The van der Waals surface area contributed by atoms with E-state index in [1.165, 1.54) is 11.1 Å². The second-order valence-electron chi connectivity index (χ2n) is 5.34. The van der Waals surface area contributed by atoms with Crippen LogP contribution in [0, 0.1) is 11.8 Å². The van der Waals surface area contributed by atoms with E-state index in [-0.39, 0.29) is 0 Å². The molecule has 1 heterocycles. The highest BCUT2D eigenvalue weighted by Crippen LogP contribution is 2.17. The zero-order valence-electron chi connectivity index (χ0n) is 11.0. The van der Waals surface area contributed by atoms with Crippen LogP contribution in [0.1, 0.15) is 44.5 Å². The molecule has 1 rings (SSSR count). The average Bonchev–Trinajstić information content (AvgIpc) is 2.19. The highest BCUT2D eigenvalue weighted by Gasteiger charge is 2.08. The lowest BCUT2D eigenvalue weighted by Crippen LogP contribution is -2.07. The predicted octanol–water partition coefficient (Wildman–Crippen LogP) is 2.94. The van der Waals surface area contributed by atoms with Crippen molar-refractivity contribution >= 4 is 0 Å². The summed E-state index contributed by atoms with van der Waals surface area (Å²) in [7, 11) is 0. The van der Waals surface area contributed by atoms with Gasteiger partial charge in [-0.25, -0.2) is 0 Å². The lowest BCUT2D eigenvalue weighted by atomic mass is 9.94. The zero-order chi connectivity index (χ0) is 12.1. The summed E-state index contributed by atoms with van der Waals surface area (Å²) >= 11 is 0. The van der Waals surface area contributed by atoms with Crippen molar-refractivity contribution in [2.45, 2.75) is 47.1 Å². The number of pyridine rings is 1. The molecule has 0 aliphatic heterocycles. The van der Waals surface area contributed by atoms with Crippen molar-refractivity contribution in [2.75, 3.05) is 0 Å². The van der Waals surface area contributed by atoms with Crippen molar-refractivity contribution in [1.29, 1.82) is 0 Å². The molecule has 2 heteroatoms. The van der Waals surface area contributed by atoms with Gasteiger partial charge < -0.3 is 5.73 Å². The Labute approximate surface area is 99.3 Å². The summed E-state index contributed by atoms with van der Waals surface area (Å²) in [6.07, 6.45) is 4.25. The van der Waals surface area contributed by atoms with Gasteiger partial charge in [-0.3, -0.25) is 4.98 Å². The van der Waals surface area contributed by atoms with Crippen LogP contribution in [0.3, 0.4) is 0 Å². The summed E-state index contributed by atoms with van der Waals surface area (Å²) in [4.78, 5) is 4.39. The van der Waals surface area contributed by atoms with E-state index in [0.29, 0.717) is 18.4 Å². The molecule has 0 unspecified atom stereocenters. The van der Waals surface area contributed by atoms with Crippen LogP contribution in [0.2, 0.25) is 0 Å². The molecule has 0 saturated heterocycles. The molecule has 0 bridgehead atoms. The minimum Gasteiger partial charge on any atom is -0.325 e. The predicted molar refractivity (Wildman–Crippen MR) is 69.2 cm³/mol. The molecule has 0 aliphatic rings. The third kappa shape index (κ3) is 3.93. The van der Waals surface area contributed by atoms with Crippen molar-refractivity contribution in [2.24, 2.45) is 17.6 Å². The molecule has 0 fully saturated rings. The van der Waals surface area contributed by atoms with E-state index in [9.17, 15) is 0 Å². The number of hydrogen-bond donors (Lipinski definition) is 1. The summed E-state index contributed by atoms with van der Waals surface area (Å²) in [6.45, 7) is 9.53.